The van der Waals surface area contributed by atoms with Crippen molar-refractivity contribution in [2.24, 2.45) is 0 Å². The summed E-state index contributed by atoms with van der Waals surface area (Å²) in [5.41, 5.74) is 5.51. The largest absolute Gasteiger partial charge is 0.291 e. The third-order valence-corrected chi connectivity index (χ3v) is 4.67. The maximum absolute atomic E-state index is 12.3. The molecule has 0 aliphatic heterocycles. The fourth-order valence-electron chi connectivity index (χ4n) is 2.42. The molecular weight excluding hydrogens is 324 g/mol. The van der Waals surface area contributed by atoms with E-state index < -0.39 is 0 Å². The Hall–Kier alpha value is -3.19. The van der Waals surface area contributed by atoms with Gasteiger partial charge in [-0.3, -0.25) is 25.4 Å². The van der Waals surface area contributed by atoms with Crippen LogP contribution >= 0.6 is 11.3 Å². The van der Waals surface area contributed by atoms with Gasteiger partial charge in [0.15, 0.2) is 0 Å². The first kappa shape index (κ1) is 14.4. The summed E-state index contributed by atoms with van der Waals surface area (Å²) in [6.45, 7) is 0. The van der Waals surface area contributed by atoms with Crippen molar-refractivity contribution in [3.8, 4) is 0 Å². The average Bonchev–Trinajstić information content (AvgIpc) is 3.04. The minimum absolute atomic E-state index is 0.188. The summed E-state index contributed by atoms with van der Waals surface area (Å²) in [5, 5.41) is 1.52. The second-order valence-corrected chi connectivity index (χ2v) is 6.24. The lowest BCUT2D eigenvalue weighted by atomic mass is 10.2. The number of rotatable bonds is 3. The number of carbonyl (C=O) groups is 1. The van der Waals surface area contributed by atoms with Crippen LogP contribution in [0.2, 0.25) is 0 Å². The number of hydrogen-bond acceptors (Lipinski definition) is 5. The van der Waals surface area contributed by atoms with Crippen LogP contribution < -0.4 is 16.4 Å². The van der Waals surface area contributed by atoms with Crippen LogP contribution in [0.1, 0.15) is 9.67 Å². The van der Waals surface area contributed by atoms with Crippen LogP contribution in [0.25, 0.3) is 21.0 Å². The highest BCUT2D eigenvalue weighted by molar-refractivity contribution is 7.20. The van der Waals surface area contributed by atoms with E-state index in [4.69, 9.17) is 0 Å². The molecule has 0 unspecified atom stereocenters. The molecule has 0 saturated carbocycles. The van der Waals surface area contributed by atoms with Gasteiger partial charge in [0, 0.05) is 4.70 Å². The third kappa shape index (κ3) is 2.61. The van der Waals surface area contributed by atoms with Crippen LogP contribution in [0.4, 0.5) is 5.95 Å². The minimum atomic E-state index is -0.285. The molecule has 0 saturated heterocycles. The van der Waals surface area contributed by atoms with Crippen molar-refractivity contribution in [3.05, 3.63) is 69.8 Å². The number of aromatic nitrogens is 2. The summed E-state index contributed by atoms with van der Waals surface area (Å²) in [6, 6.07) is 16.6. The lowest BCUT2D eigenvalue weighted by Gasteiger charge is -2.07. The number of thiophene rings is 1. The quantitative estimate of drug-likeness (QED) is 0.502. The normalized spacial score (nSPS) is 10.8. The van der Waals surface area contributed by atoms with E-state index in [0.29, 0.717) is 15.8 Å². The number of anilines is 1. The van der Waals surface area contributed by atoms with E-state index >= 15 is 0 Å². The van der Waals surface area contributed by atoms with Crippen molar-refractivity contribution in [2.75, 3.05) is 5.43 Å². The van der Waals surface area contributed by atoms with E-state index in [1.165, 1.54) is 11.3 Å². The van der Waals surface area contributed by atoms with Crippen molar-refractivity contribution in [1.82, 2.24) is 15.4 Å². The van der Waals surface area contributed by atoms with Crippen LogP contribution in [-0.4, -0.2) is 15.9 Å². The highest BCUT2D eigenvalue weighted by Gasteiger charge is 2.10. The molecule has 2 aromatic heterocycles. The van der Waals surface area contributed by atoms with Gasteiger partial charge in [-0.25, -0.2) is 4.98 Å². The van der Waals surface area contributed by atoms with Gasteiger partial charge in [-0.05, 0) is 29.7 Å². The molecule has 2 heterocycles. The number of nitrogens with one attached hydrogen (secondary N) is 3. The van der Waals surface area contributed by atoms with Crippen LogP contribution in [0, 0.1) is 0 Å². The highest BCUT2D eigenvalue weighted by Crippen LogP contribution is 2.24. The molecule has 4 rings (SSSR count). The van der Waals surface area contributed by atoms with E-state index in [2.05, 4.69) is 20.8 Å². The van der Waals surface area contributed by atoms with E-state index in [1.807, 2.05) is 30.3 Å². The Morgan fingerprint density at radius 2 is 1.88 bits per heavy atom. The standard InChI is InChI=1S/C17H12N4O2S/c22-15-11-6-2-3-7-12(11)18-17(19-15)21-20-16(23)14-9-10-5-1-4-8-13(10)24-14/h1-9H,(H,20,23)(H2,18,19,21,22). The Morgan fingerprint density at radius 3 is 2.75 bits per heavy atom. The lowest BCUT2D eigenvalue weighted by molar-refractivity contribution is 0.0966. The van der Waals surface area contributed by atoms with Gasteiger partial charge in [-0.1, -0.05) is 30.3 Å². The number of nitrogens with zero attached hydrogens (tertiary/aromatic N) is 1. The van der Waals surface area contributed by atoms with Crippen LogP contribution in [0.15, 0.2) is 59.4 Å². The average molecular weight is 336 g/mol. The molecular formula is C17H12N4O2S. The Kier molecular flexibility index (Phi) is 3.47. The van der Waals surface area contributed by atoms with E-state index in [0.717, 1.165) is 10.1 Å². The fourth-order valence-corrected chi connectivity index (χ4v) is 3.37. The molecule has 2 aromatic carbocycles. The van der Waals surface area contributed by atoms with Gasteiger partial charge in [0.2, 0.25) is 5.95 Å². The first-order valence-corrected chi connectivity index (χ1v) is 8.06. The summed E-state index contributed by atoms with van der Waals surface area (Å²) < 4.78 is 1.04. The number of para-hydroxylation sites is 1. The van der Waals surface area contributed by atoms with Gasteiger partial charge in [0.1, 0.15) is 0 Å². The third-order valence-electron chi connectivity index (χ3n) is 3.56. The van der Waals surface area contributed by atoms with Gasteiger partial charge in [-0.15, -0.1) is 11.3 Å². The Labute approximate surface area is 140 Å². The molecule has 4 aromatic rings. The van der Waals surface area contributed by atoms with Crippen molar-refractivity contribution < 1.29 is 4.79 Å². The van der Waals surface area contributed by atoms with Gasteiger partial charge in [0.05, 0.1) is 15.8 Å². The van der Waals surface area contributed by atoms with Gasteiger partial charge in [-0.2, -0.15) is 0 Å². The Bertz CT molecular complexity index is 1080. The SMILES string of the molecule is O=C(NNc1nc2ccccc2c(=O)[nH]1)c1cc2ccccc2s1. The molecule has 0 fully saturated rings. The van der Waals surface area contributed by atoms with Gasteiger partial charge >= 0.3 is 0 Å². The Morgan fingerprint density at radius 1 is 1.08 bits per heavy atom. The predicted octanol–water partition coefficient (Wildman–Crippen LogP) is 2.89. The molecule has 1 amide bonds. The summed E-state index contributed by atoms with van der Waals surface area (Å²) in [4.78, 5) is 31.7. The summed E-state index contributed by atoms with van der Waals surface area (Å²) in [7, 11) is 0. The number of fused-ring (bicyclic) bond motifs is 2. The van der Waals surface area contributed by atoms with E-state index in [9.17, 15) is 9.59 Å². The Balaban J connectivity index is 1.56. The van der Waals surface area contributed by atoms with Gasteiger partial charge < -0.3 is 0 Å². The number of benzene rings is 2. The molecule has 24 heavy (non-hydrogen) atoms. The maximum Gasteiger partial charge on any atom is 0.279 e. The molecule has 3 N–H and O–H groups in total. The maximum atomic E-state index is 12.3. The van der Waals surface area contributed by atoms with Crippen LogP contribution in [0.3, 0.4) is 0 Å². The molecule has 6 nitrogen and oxygen atoms in total. The zero-order chi connectivity index (χ0) is 16.5. The molecule has 0 radical (unpaired) electrons. The van der Waals surface area contributed by atoms with Crippen LogP contribution in [-0.2, 0) is 0 Å². The first-order valence-electron chi connectivity index (χ1n) is 7.25. The predicted molar refractivity (Wildman–Crippen MR) is 95.3 cm³/mol. The van der Waals surface area contributed by atoms with Crippen LogP contribution in [0.5, 0.6) is 0 Å². The van der Waals surface area contributed by atoms with E-state index in [1.54, 1.807) is 24.3 Å². The summed E-state index contributed by atoms with van der Waals surface area (Å²) in [6.07, 6.45) is 0. The summed E-state index contributed by atoms with van der Waals surface area (Å²) in [5.74, 6) is -0.0971. The van der Waals surface area contributed by atoms with Crippen molar-refractivity contribution in [1.29, 1.82) is 0 Å². The van der Waals surface area contributed by atoms with Crippen molar-refractivity contribution in [2.45, 2.75) is 0 Å². The first-order chi connectivity index (χ1) is 11.7. The lowest BCUT2D eigenvalue weighted by Crippen LogP contribution is -2.30. The summed E-state index contributed by atoms with van der Waals surface area (Å²) >= 11 is 1.40. The molecule has 0 aliphatic carbocycles. The molecule has 0 aliphatic rings. The van der Waals surface area contributed by atoms with Crippen molar-refractivity contribution in [3.63, 3.8) is 0 Å². The van der Waals surface area contributed by atoms with E-state index in [-0.39, 0.29) is 17.4 Å². The smallest absolute Gasteiger partial charge is 0.279 e. The fraction of sp³-hybridized carbons (Fsp3) is 0. The van der Waals surface area contributed by atoms with Crippen molar-refractivity contribution >= 4 is 44.2 Å². The zero-order valence-electron chi connectivity index (χ0n) is 12.4. The number of hydrogen-bond donors (Lipinski definition) is 3. The number of amides is 1. The topological polar surface area (TPSA) is 86.9 Å². The molecule has 0 bridgehead atoms. The molecule has 0 spiro atoms. The second-order valence-electron chi connectivity index (χ2n) is 5.16. The molecule has 0 atom stereocenters. The number of H-pyrrole nitrogens is 1. The monoisotopic (exact) mass is 336 g/mol. The highest BCUT2D eigenvalue weighted by atomic mass is 32.1. The number of hydrazine groups is 1. The zero-order valence-corrected chi connectivity index (χ0v) is 13.2. The second kappa shape index (κ2) is 5.78. The van der Waals surface area contributed by atoms with Gasteiger partial charge in [0.25, 0.3) is 11.5 Å². The number of aromatic amines is 1. The number of carbonyl (C=O) groups excluding carboxylic acids is 1. The minimum Gasteiger partial charge on any atom is -0.291 e. The molecule has 7 heteroatoms. The molecule has 118 valence electrons.